The molecule has 0 radical (unpaired) electrons. The molecule has 6 nitrogen and oxygen atoms in total. The van der Waals surface area contributed by atoms with Gasteiger partial charge in [-0.25, -0.2) is 0 Å². The number of amides is 1. The first kappa shape index (κ1) is 18.7. The van der Waals surface area contributed by atoms with Gasteiger partial charge in [0.25, 0.3) is 11.7 Å². The lowest BCUT2D eigenvalue weighted by Gasteiger charge is -2.24. The fourth-order valence-corrected chi connectivity index (χ4v) is 3.22. The Morgan fingerprint density at radius 2 is 1.70 bits per heavy atom. The summed E-state index contributed by atoms with van der Waals surface area (Å²) < 4.78 is 5.15. The van der Waals surface area contributed by atoms with Gasteiger partial charge in [-0.05, 0) is 24.6 Å². The van der Waals surface area contributed by atoms with Crippen molar-refractivity contribution in [1.82, 2.24) is 4.90 Å². The lowest BCUT2D eigenvalue weighted by atomic mass is 9.95. The standard InChI is InChI=1S/C21H21NO5/c1-13-3-5-15(6-4-13)19(24)17-18(14-7-9-16(27-2)10-8-14)22(11-12-23)21(26)20(17)25/h3-10,18,23-24H,11-12H2,1-2H3/b19-17-. The normalized spacial score (nSPS) is 18.8. The van der Waals surface area contributed by atoms with Gasteiger partial charge in [0.2, 0.25) is 0 Å². The molecule has 2 aromatic rings. The number of β-amino-alcohol motifs (C(OH)–C–C–N with tert-alkyl or cyclic N) is 1. The van der Waals surface area contributed by atoms with Gasteiger partial charge in [-0.3, -0.25) is 9.59 Å². The van der Waals surface area contributed by atoms with Crippen molar-refractivity contribution in [2.75, 3.05) is 20.3 Å². The van der Waals surface area contributed by atoms with Crippen molar-refractivity contribution in [2.24, 2.45) is 0 Å². The Labute approximate surface area is 157 Å². The van der Waals surface area contributed by atoms with Gasteiger partial charge in [0.1, 0.15) is 11.5 Å². The lowest BCUT2D eigenvalue weighted by Crippen LogP contribution is -2.32. The molecule has 0 aromatic heterocycles. The highest BCUT2D eigenvalue weighted by Gasteiger charge is 2.45. The molecule has 1 unspecified atom stereocenters. The Kier molecular flexibility index (Phi) is 5.28. The first-order valence-electron chi connectivity index (χ1n) is 8.58. The van der Waals surface area contributed by atoms with Crippen LogP contribution in [0.1, 0.15) is 22.7 Å². The van der Waals surface area contributed by atoms with Crippen molar-refractivity contribution in [3.05, 3.63) is 70.8 Å². The van der Waals surface area contributed by atoms with Crippen LogP contribution in [0.5, 0.6) is 5.75 Å². The lowest BCUT2D eigenvalue weighted by molar-refractivity contribution is -0.140. The molecule has 140 valence electrons. The van der Waals surface area contributed by atoms with E-state index in [-0.39, 0.29) is 24.5 Å². The maximum absolute atomic E-state index is 12.7. The molecule has 1 aliphatic heterocycles. The first-order chi connectivity index (χ1) is 13.0. The highest BCUT2D eigenvalue weighted by Crippen LogP contribution is 2.39. The van der Waals surface area contributed by atoms with Gasteiger partial charge < -0.3 is 19.8 Å². The molecule has 0 spiro atoms. The molecule has 1 atom stereocenters. The number of carbonyl (C=O) groups is 2. The fraction of sp³-hybridized carbons (Fsp3) is 0.238. The molecule has 0 aliphatic carbocycles. The number of hydrogen-bond acceptors (Lipinski definition) is 5. The second-order valence-electron chi connectivity index (χ2n) is 6.36. The van der Waals surface area contributed by atoms with Crippen LogP contribution in [0.2, 0.25) is 0 Å². The van der Waals surface area contributed by atoms with E-state index in [1.54, 1.807) is 43.5 Å². The molecule has 0 bridgehead atoms. The molecule has 1 fully saturated rings. The Morgan fingerprint density at radius 3 is 2.26 bits per heavy atom. The SMILES string of the molecule is COc1ccc(C2/C(=C(/O)c3ccc(C)cc3)C(=O)C(=O)N2CCO)cc1. The van der Waals surface area contributed by atoms with Crippen molar-refractivity contribution in [1.29, 1.82) is 0 Å². The van der Waals surface area contributed by atoms with E-state index in [0.717, 1.165) is 5.56 Å². The number of Topliss-reactive ketones (excluding diaryl/α,β-unsaturated/α-hetero) is 1. The number of carbonyl (C=O) groups excluding carboxylic acids is 2. The van der Waals surface area contributed by atoms with Crippen LogP contribution in [-0.4, -0.2) is 47.1 Å². The molecule has 6 heteroatoms. The maximum Gasteiger partial charge on any atom is 0.295 e. The molecule has 1 amide bonds. The van der Waals surface area contributed by atoms with Gasteiger partial charge in [-0.1, -0.05) is 42.0 Å². The monoisotopic (exact) mass is 367 g/mol. The molecule has 2 aromatic carbocycles. The van der Waals surface area contributed by atoms with Gasteiger partial charge in [0.05, 0.1) is 25.3 Å². The number of ether oxygens (including phenoxy) is 1. The predicted molar refractivity (Wildman–Crippen MR) is 100 cm³/mol. The number of likely N-dealkylation sites (tertiary alicyclic amines) is 1. The molecule has 1 saturated heterocycles. The van der Waals surface area contributed by atoms with Crippen molar-refractivity contribution < 1.29 is 24.5 Å². The smallest absolute Gasteiger partial charge is 0.295 e. The Morgan fingerprint density at radius 1 is 1.07 bits per heavy atom. The quantitative estimate of drug-likeness (QED) is 0.481. The number of aliphatic hydroxyl groups excluding tert-OH is 2. The summed E-state index contributed by atoms with van der Waals surface area (Å²) in [5.41, 5.74) is 2.14. The van der Waals surface area contributed by atoms with Gasteiger partial charge in [-0.15, -0.1) is 0 Å². The van der Waals surface area contributed by atoms with E-state index in [1.807, 2.05) is 19.1 Å². The van der Waals surface area contributed by atoms with Crippen LogP contribution in [-0.2, 0) is 9.59 Å². The van der Waals surface area contributed by atoms with E-state index in [0.29, 0.717) is 16.9 Å². The van der Waals surface area contributed by atoms with E-state index < -0.39 is 17.7 Å². The number of aliphatic hydroxyl groups is 2. The van der Waals surface area contributed by atoms with Gasteiger partial charge in [0, 0.05) is 12.1 Å². The van der Waals surface area contributed by atoms with Crippen LogP contribution in [0, 0.1) is 6.92 Å². The second-order valence-corrected chi connectivity index (χ2v) is 6.36. The molecule has 1 heterocycles. The minimum absolute atomic E-state index is 0.00799. The van der Waals surface area contributed by atoms with Gasteiger partial charge in [0.15, 0.2) is 0 Å². The Hall–Kier alpha value is -3.12. The van der Waals surface area contributed by atoms with Crippen LogP contribution in [0.15, 0.2) is 54.1 Å². The van der Waals surface area contributed by atoms with Crippen LogP contribution in [0.3, 0.4) is 0 Å². The summed E-state index contributed by atoms with van der Waals surface area (Å²) in [6.45, 7) is 1.62. The summed E-state index contributed by atoms with van der Waals surface area (Å²) in [4.78, 5) is 26.4. The van der Waals surface area contributed by atoms with Crippen molar-refractivity contribution >= 4 is 17.4 Å². The minimum atomic E-state index is -0.774. The zero-order chi connectivity index (χ0) is 19.6. The first-order valence-corrected chi connectivity index (χ1v) is 8.58. The summed E-state index contributed by atoms with van der Waals surface area (Å²) >= 11 is 0. The Bertz CT molecular complexity index is 884. The fourth-order valence-electron chi connectivity index (χ4n) is 3.22. The van der Waals surface area contributed by atoms with Crippen LogP contribution < -0.4 is 4.74 Å². The molecule has 2 N–H and O–H groups in total. The molecular formula is C21H21NO5. The third-order valence-electron chi connectivity index (χ3n) is 4.64. The minimum Gasteiger partial charge on any atom is -0.507 e. The topological polar surface area (TPSA) is 87.1 Å². The van der Waals surface area contributed by atoms with Crippen molar-refractivity contribution in [3.63, 3.8) is 0 Å². The number of aryl methyl sites for hydroxylation is 1. The number of ketones is 1. The number of methoxy groups -OCH3 is 1. The molecular weight excluding hydrogens is 346 g/mol. The predicted octanol–water partition coefficient (Wildman–Crippen LogP) is 2.42. The summed E-state index contributed by atoms with van der Waals surface area (Å²) in [5, 5.41) is 20.2. The summed E-state index contributed by atoms with van der Waals surface area (Å²) in [7, 11) is 1.55. The number of benzene rings is 2. The summed E-state index contributed by atoms with van der Waals surface area (Å²) in [6, 6.07) is 13.2. The zero-order valence-corrected chi connectivity index (χ0v) is 15.2. The molecule has 0 saturated carbocycles. The van der Waals surface area contributed by atoms with E-state index >= 15 is 0 Å². The highest BCUT2D eigenvalue weighted by atomic mass is 16.5. The third kappa shape index (κ3) is 3.44. The summed E-state index contributed by atoms with van der Waals surface area (Å²) in [6.07, 6.45) is 0. The number of hydrogen-bond donors (Lipinski definition) is 2. The van der Waals surface area contributed by atoms with E-state index in [4.69, 9.17) is 4.74 Å². The molecule has 1 aliphatic rings. The van der Waals surface area contributed by atoms with Crippen LogP contribution in [0.4, 0.5) is 0 Å². The van der Waals surface area contributed by atoms with Crippen LogP contribution in [0.25, 0.3) is 5.76 Å². The van der Waals surface area contributed by atoms with E-state index in [1.165, 1.54) is 4.90 Å². The highest BCUT2D eigenvalue weighted by molar-refractivity contribution is 6.46. The van der Waals surface area contributed by atoms with Crippen molar-refractivity contribution in [3.8, 4) is 5.75 Å². The van der Waals surface area contributed by atoms with Gasteiger partial charge in [-0.2, -0.15) is 0 Å². The maximum atomic E-state index is 12.7. The number of rotatable bonds is 5. The zero-order valence-electron chi connectivity index (χ0n) is 15.2. The van der Waals surface area contributed by atoms with Crippen molar-refractivity contribution in [2.45, 2.75) is 13.0 Å². The largest absolute Gasteiger partial charge is 0.507 e. The average Bonchev–Trinajstić information content (AvgIpc) is 2.93. The average molecular weight is 367 g/mol. The van der Waals surface area contributed by atoms with Crippen LogP contribution >= 0.6 is 0 Å². The Balaban J connectivity index is 2.15. The summed E-state index contributed by atoms with van der Waals surface area (Å²) in [5.74, 6) is -1.09. The third-order valence-corrected chi connectivity index (χ3v) is 4.64. The van der Waals surface area contributed by atoms with Gasteiger partial charge >= 0.3 is 0 Å². The molecule has 3 rings (SSSR count). The second kappa shape index (κ2) is 7.63. The number of nitrogens with zero attached hydrogens (tertiary/aromatic N) is 1. The van der Waals surface area contributed by atoms with E-state index in [9.17, 15) is 19.8 Å². The van der Waals surface area contributed by atoms with E-state index in [2.05, 4.69) is 0 Å². The molecule has 27 heavy (non-hydrogen) atoms.